The number of hydrogen-bond acceptors (Lipinski definition) is 4. The van der Waals surface area contributed by atoms with E-state index in [9.17, 15) is 9.59 Å². The van der Waals surface area contributed by atoms with Crippen LogP contribution in [-0.2, 0) is 6.54 Å². The highest BCUT2D eigenvalue weighted by Crippen LogP contribution is 2.23. The molecule has 0 bridgehead atoms. The molecule has 5 nitrogen and oxygen atoms in total. The molecule has 0 fully saturated rings. The van der Waals surface area contributed by atoms with E-state index in [2.05, 4.69) is 5.32 Å². The van der Waals surface area contributed by atoms with Gasteiger partial charge in [0.1, 0.15) is 17.1 Å². The molecule has 0 aliphatic rings. The van der Waals surface area contributed by atoms with Gasteiger partial charge in [0.15, 0.2) is 5.43 Å². The first-order valence-corrected chi connectivity index (χ1v) is 9.59. The second-order valence-corrected chi connectivity index (χ2v) is 7.08. The van der Waals surface area contributed by atoms with E-state index in [1.807, 2.05) is 43.3 Å². The van der Waals surface area contributed by atoms with E-state index in [4.69, 9.17) is 9.15 Å². The molecule has 0 aliphatic carbocycles. The molecular weight excluding hydrogens is 378 g/mol. The lowest BCUT2D eigenvalue weighted by Gasteiger charge is -2.08. The Morgan fingerprint density at radius 2 is 1.70 bits per heavy atom. The summed E-state index contributed by atoms with van der Waals surface area (Å²) in [5.74, 6) is 1.07. The molecule has 150 valence electrons. The number of aryl methyl sites for hydroxylation is 1. The maximum Gasteiger partial charge on any atom is 0.251 e. The number of fused-ring (bicyclic) bond motifs is 1. The average Bonchev–Trinajstić information content (AvgIpc) is 2.78. The summed E-state index contributed by atoms with van der Waals surface area (Å²) in [6.45, 7) is 2.36. The molecule has 1 aromatic heterocycles. The van der Waals surface area contributed by atoms with E-state index in [1.165, 1.54) is 6.07 Å². The number of ether oxygens (including phenoxy) is 1. The van der Waals surface area contributed by atoms with Gasteiger partial charge in [-0.25, -0.2) is 0 Å². The summed E-state index contributed by atoms with van der Waals surface area (Å²) in [5, 5.41) is 3.46. The van der Waals surface area contributed by atoms with Crippen molar-refractivity contribution < 1.29 is 13.9 Å². The van der Waals surface area contributed by atoms with E-state index < -0.39 is 0 Å². The van der Waals surface area contributed by atoms with Gasteiger partial charge in [0, 0.05) is 23.7 Å². The maximum absolute atomic E-state index is 12.4. The molecule has 0 unspecified atom stereocenters. The topological polar surface area (TPSA) is 68.5 Å². The molecule has 1 amide bonds. The zero-order valence-electron chi connectivity index (χ0n) is 16.8. The summed E-state index contributed by atoms with van der Waals surface area (Å²) >= 11 is 0. The molecule has 1 heterocycles. The number of nitrogens with one attached hydrogen (secondary N) is 1. The van der Waals surface area contributed by atoms with Crippen molar-refractivity contribution in [3.8, 4) is 17.1 Å². The van der Waals surface area contributed by atoms with Crippen LogP contribution in [0.1, 0.15) is 21.5 Å². The number of hydrogen-bond donors (Lipinski definition) is 1. The second-order valence-electron chi connectivity index (χ2n) is 7.08. The molecular formula is C25H21NO4. The first kappa shape index (κ1) is 19.5. The largest absolute Gasteiger partial charge is 0.497 e. The molecule has 0 atom stereocenters. The van der Waals surface area contributed by atoms with E-state index in [0.29, 0.717) is 28.8 Å². The van der Waals surface area contributed by atoms with Gasteiger partial charge in [-0.15, -0.1) is 0 Å². The van der Waals surface area contributed by atoms with Crippen molar-refractivity contribution in [2.45, 2.75) is 13.5 Å². The number of carbonyl (C=O) groups is 1. The second kappa shape index (κ2) is 8.25. The molecule has 0 saturated heterocycles. The summed E-state index contributed by atoms with van der Waals surface area (Å²) in [5.41, 5.74) is 3.72. The van der Waals surface area contributed by atoms with Gasteiger partial charge in [-0.3, -0.25) is 9.59 Å². The third-order valence-corrected chi connectivity index (χ3v) is 4.93. The Labute approximate surface area is 173 Å². The van der Waals surface area contributed by atoms with Crippen LogP contribution in [0, 0.1) is 6.92 Å². The summed E-state index contributed by atoms with van der Waals surface area (Å²) in [7, 11) is 1.62. The van der Waals surface area contributed by atoms with Gasteiger partial charge in [-0.2, -0.15) is 0 Å². The van der Waals surface area contributed by atoms with Gasteiger partial charge >= 0.3 is 0 Å². The zero-order chi connectivity index (χ0) is 21.1. The van der Waals surface area contributed by atoms with Gasteiger partial charge in [-0.05, 0) is 48.9 Å². The number of rotatable bonds is 5. The minimum Gasteiger partial charge on any atom is -0.497 e. The van der Waals surface area contributed by atoms with Crippen LogP contribution >= 0.6 is 0 Å². The SMILES string of the molecule is COc1ccc(CNC(=O)c2ccc(-c3cc(=O)c4cc(C)ccc4o3)cc2)cc1. The van der Waals surface area contributed by atoms with E-state index in [-0.39, 0.29) is 11.3 Å². The van der Waals surface area contributed by atoms with E-state index >= 15 is 0 Å². The summed E-state index contributed by atoms with van der Waals surface area (Å²) < 4.78 is 11.0. The molecule has 1 N–H and O–H groups in total. The summed E-state index contributed by atoms with van der Waals surface area (Å²) in [4.78, 5) is 24.9. The number of carbonyl (C=O) groups excluding carboxylic acids is 1. The standard InChI is InChI=1S/C25H21NO4/c1-16-3-12-23-21(13-16)22(27)14-24(30-23)18-6-8-19(9-7-18)25(28)26-15-17-4-10-20(29-2)11-5-17/h3-14H,15H2,1-2H3,(H,26,28). The lowest BCUT2D eigenvalue weighted by molar-refractivity contribution is 0.0951. The Kier molecular flexibility index (Phi) is 5.35. The van der Waals surface area contributed by atoms with Gasteiger partial charge in [0.25, 0.3) is 5.91 Å². The van der Waals surface area contributed by atoms with Crippen molar-refractivity contribution in [2.75, 3.05) is 7.11 Å². The normalized spacial score (nSPS) is 10.7. The van der Waals surface area contributed by atoms with Crippen LogP contribution in [0.5, 0.6) is 5.75 Å². The Morgan fingerprint density at radius 1 is 0.967 bits per heavy atom. The fourth-order valence-corrected chi connectivity index (χ4v) is 3.23. The number of amides is 1. The monoisotopic (exact) mass is 399 g/mol. The Balaban J connectivity index is 1.49. The first-order chi connectivity index (χ1) is 14.5. The van der Waals surface area contributed by atoms with Crippen molar-refractivity contribution in [2.24, 2.45) is 0 Å². The molecule has 0 saturated carbocycles. The van der Waals surface area contributed by atoms with Gasteiger partial charge in [0.05, 0.1) is 12.5 Å². The van der Waals surface area contributed by atoms with Crippen LogP contribution in [0.4, 0.5) is 0 Å². The molecule has 0 aliphatic heterocycles. The molecule has 0 radical (unpaired) electrons. The Morgan fingerprint density at radius 3 is 2.40 bits per heavy atom. The lowest BCUT2D eigenvalue weighted by Crippen LogP contribution is -2.22. The fourth-order valence-electron chi connectivity index (χ4n) is 3.23. The van der Waals surface area contributed by atoms with Crippen molar-refractivity contribution >= 4 is 16.9 Å². The average molecular weight is 399 g/mol. The highest BCUT2D eigenvalue weighted by molar-refractivity contribution is 5.94. The summed E-state index contributed by atoms with van der Waals surface area (Å²) in [6.07, 6.45) is 0. The van der Waals surface area contributed by atoms with Crippen LogP contribution in [0.3, 0.4) is 0 Å². The van der Waals surface area contributed by atoms with Crippen LogP contribution in [-0.4, -0.2) is 13.0 Å². The van der Waals surface area contributed by atoms with Crippen molar-refractivity contribution in [3.63, 3.8) is 0 Å². The van der Waals surface area contributed by atoms with Crippen LogP contribution < -0.4 is 15.5 Å². The van der Waals surface area contributed by atoms with Gasteiger partial charge in [-0.1, -0.05) is 35.9 Å². The fraction of sp³-hybridized carbons (Fsp3) is 0.120. The van der Waals surface area contributed by atoms with Gasteiger partial charge in [0.2, 0.25) is 0 Å². The van der Waals surface area contributed by atoms with Crippen molar-refractivity contribution in [3.05, 3.63) is 99.7 Å². The van der Waals surface area contributed by atoms with Crippen molar-refractivity contribution in [1.82, 2.24) is 5.32 Å². The minimum atomic E-state index is -0.173. The van der Waals surface area contributed by atoms with Crippen LogP contribution in [0.15, 0.2) is 82.0 Å². The smallest absolute Gasteiger partial charge is 0.251 e. The summed E-state index contributed by atoms with van der Waals surface area (Å²) in [6, 6.07) is 21.5. The predicted molar refractivity (Wildman–Crippen MR) is 117 cm³/mol. The van der Waals surface area contributed by atoms with Crippen LogP contribution in [0.25, 0.3) is 22.3 Å². The maximum atomic E-state index is 12.4. The van der Waals surface area contributed by atoms with Crippen molar-refractivity contribution in [1.29, 1.82) is 0 Å². The Hall–Kier alpha value is -3.86. The quantitative estimate of drug-likeness (QED) is 0.528. The molecule has 3 aromatic carbocycles. The number of methoxy groups -OCH3 is 1. The molecule has 4 rings (SSSR count). The number of benzene rings is 3. The predicted octanol–water partition coefficient (Wildman–Crippen LogP) is 4.71. The third kappa shape index (κ3) is 4.10. The molecule has 4 aromatic rings. The van der Waals surface area contributed by atoms with E-state index in [1.54, 1.807) is 37.4 Å². The highest BCUT2D eigenvalue weighted by Gasteiger charge is 2.10. The lowest BCUT2D eigenvalue weighted by atomic mass is 10.1. The molecule has 5 heteroatoms. The molecule has 30 heavy (non-hydrogen) atoms. The van der Waals surface area contributed by atoms with Gasteiger partial charge < -0.3 is 14.5 Å². The minimum absolute atomic E-state index is 0.0868. The zero-order valence-corrected chi connectivity index (χ0v) is 16.8. The third-order valence-electron chi connectivity index (χ3n) is 4.93. The first-order valence-electron chi connectivity index (χ1n) is 9.59. The van der Waals surface area contributed by atoms with E-state index in [0.717, 1.165) is 22.4 Å². The Bertz CT molecular complexity index is 1260. The highest BCUT2D eigenvalue weighted by atomic mass is 16.5. The van der Waals surface area contributed by atoms with Crippen LogP contribution in [0.2, 0.25) is 0 Å². The molecule has 0 spiro atoms.